The van der Waals surface area contributed by atoms with Crippen LogP contribution in [0.4, 0.5) is 0 Å². The second kappa shape index (κ2) is 4.97. The third-order valence-electron chi connectivity index (χ3n) is 3.73. The van der Waals surface area contributed by atoms with Gasteiger partial charge in [-0.1, -0.05) is 6.08 Å². The minimum atomic E-state index is -0.823. The molecule has 0 saturated carbocycles. The second-order valence-corrected chi connectivity index (χ2v) is 4.74. The van der Waals surface area contributed by atoms with E-state index in [1.165, 1.54) is 32.4 Å². The van der Waals surface area contributed by atoms with Gasteiger partial charge in [0.05, 0.1) is 0 Å². The summed E-state index contributed by atoms with van der Waals surface area (Å²) in [5, 5.41) is 12.2. The topological polar surface area (TPSA) is 52.6 Å². The number of carboxylic acids is 1. The first kappa shape index (κ1) is 11.6. The SMILES string of the molecule is CC(=CCNC1CCN2CCCC12)C(=O)O. The monoisotopic (exact) mass is 224 g/mol. The zero-order chi connectivity index (χ0) is 11.5. The van der Waals surface area contributed by atoms with Crippen molar-refractivity contribution in [1.82, 2.24) is 10.2 Å². The number of fused-ring (bicyclic) bond motifs is 1. The quantitative estimate of drug-likeness (QED) is 0.695. The van der Waals surface area contributed by atoms with Crippen LogP contribution in [0.2, 0.25) is 0 Å². The summed E-state index contributed by atoms with van der Waals surface area (Å²) in [6.45, 7) is 4.75. The second-order valence-electron chi connectivity index (χ2n) is 4.74. The number of hydrogen-bond acceptors (Lipinski definition) is 3. The maximum absolute atomic E-state index is 10.6. The highest BCUT2D eigenvalue weighted by atomic mass is 16.4. The fraction of sp³-hybridized carbons (Fsp3) is 0.750. The van der Waals surface area contributed by atoms with Gasteiger partial charge in [-0.25, -0.2) is 4.79 Å². The molecule has 2 N–H and O–H groups in total. The molecule has 4 heteroatoms. The van der Waals surface area contributed by atoms with Crippen molar-refractivity contribution in [3.8, 4) is 0 Å². The van der Waals surface area contributed by atoms with E-state index in [-0.39, 0.29) is 0 Å². The van der Waals surface area contributed by atoms with Crippen LogP contribution >= 0.6 is 0 Å². The van der Waals surface area contributed by atoms with Gasteiger partial charge in [-0.15, -0.1) is 0 Å². The summed E-state index contributed by atoms with van der Waals surface area (Å²) in [5.41, 5.74) is 0.425. The molecule has 2 atom stereocenters. The van der Waals surface area contributed by atoms with Gasteiger partial charge >= 0.3 is 5.97 Å². The minimum absolute atomic E-state index is 0.425. The first-order chi connectivity index (χ1) is 7.68. The molecule has 2 fully saturated rings. The summed E-state index contributed by atoms with van der Waals surface area (Å²) in [4.78, 5) is 13.2. The molecule has 90 valence electrons. The third kappa shape index (κ3) is 2.44. The zero-order valence-corrected chi connectivity index (χ0v) is 9.78. The summed E-state index contributed by atoms with van der Waals surface area (Å²) >= 11 is 0. The van der Waals surface area contributed by atoms with Gasteiger partial charge in [-0.2, -0.15) is 0 Å². The molecule has 0 radical (unpaired) electrons. The Bertz CT molecular complexity index is 301. The lowest BCUT2D eigenvalue weighted by atomic mass is 10.1. The average molecular weight is 224 g/mol. The zero-order valence-electron chi connectivity index (χ0n) is 9.78. The molecule has 2 rings (SSSR count). The number of nitrogens with one attached hydrogen (secondary N) is 1. The van der Waals surface area contributed by atoms with E-state index in [0.29, 0.717) is 24.2 Å². The van der Waals surface area contributed by atoms with Gasteiger partial charge in [0.1, 0.15) is 0 Å². The molecule has 0 aromatic rings. The Morgan fingerprint density at radius 3 is 3.06 bits per heavy atom. The molecule has 0 amide bonds. The molecule has 4 nitrogen and oxygen atoms in total. The van der Waals surface area contributed by atoms with Crippen LogP contribution in [0.5, 0.6) is 0 Å². The van der Waals surface area contributed by atoms with Crippen molar-refractivity contribution in [3.05, 3.63) is 11.6 Å². The summed E-state index contributed by atoms with van der Waals surface area (Å²) in [6.07, 6.45) is 5.57. The number of carbonyl (C=O) groups is 1. The van der Waals surface area contributed by atoms with Crippen molar-refractivity contribution in [3.63, 3.8) is 0 Å². The van der Waals surface area contributed by atoms with Crippen molar-refractivity contribution in [2.75, 3.05) is 19.6 Å². The Kier molecular flexibility index (Phi) is 3.61. The highest BCUT2D eigenvalue weighted by Gasteiger charge is 2.36. The molecular formula is C12H20N2O2. The molecule has 2 aliphatic rings. The van der Waals surface area contributed by atoms with Crippen LogP contribution in [0.15, 0.2) is 11.6 Å². The molecule has 2 saturated heterocycles. The third-order valence-corrected chi connectivity index (χ3v) is 3.73. The average Bonchev–Trinajstić information content (AvgIpc) is 2.81. The Labute approximate surface area is 96.3 Å². The van der Waals surface area contributed by atoms with Gasteiger partial charge < -0.3 is 10.4 Å². The predicted molar refractivity (Wildman–Crippen MR) is 62.4 cm³/mol. The van der Waals surface area contributed by atoms with Crippen LogP contribution in [0.3, 0.4) is 0 Å². The molecule has 0 aliphatic carbocycles. The van der Waals surface area contributed by atoms with E-state index in [1.54, 1.807) is 13.0 Å². The molecule has 0 aromatic heterocycles. The first-order valence-electron chi connectivity index (χ1n) is 6.06. The maximum Gasteiger partial charge on any atom is 0.330 e. The lowest BCUT2D eigenvalue weighted by Crippen LogP contribution is -2.39. The van der Waals surface area contributed by atoms with Crippen molar-refractivity contribution in [2.24, 2.45) is 0 Å². The normalized spacial score (nSPS) is 30.7. The largest absolute Gasteiger partial charge is 0.478 e. The van der Waals surface area contributed by atoms with Crippen molar-refractivity contribution < 1.29 is 9.90 Å². The number of nitrogens with zero attached hydrogens (tertiary/aromatic N) is 1. The van der Waals surface area contributed by atoms with E-state index in [1.807, 2.05) is 0 Å². The first-order valence-corrected chi connectivity index (χ1v) is 6.06. The molecule has 2 unspecified atom stereocenters. The standard InChI is InChI=1S/C12H20N2O2/c1-9(12(15)16)4-6-13-10-5-8-14-7-2-3-11(10)14/h4,10-11,13H,2-3,5-8H2,1H3,(H,15,16). The van der Waals surface area contributed by atoms with E-state index in [9.17, 15) is 4.79 Å². The van der Waals surface area contributed by atoms with Gasteiger partial charge in [0.15, 0.2) is 0 Å². The number of aliphatic carboxylic acids is 1. The summed E-state index contributed by atoms with van der Waals surface area (Å²) < 4.78 is 0. The molecule has 2 aliphatic heterocycles. The molecule has 0 bridgehead atoms. The summed E-state index contributed by atoms with van der Waals surface area (Å²) in [5.74, 6) is -0.823. The Morgan fingerprint density at radius 1 is 1.50 bits per heavy atom. The van der Waals surface area contributed by atoms with Crippen molar-refractivity contribution >= 4 is 5.97 Å². The molecule has 16 heavy (non-hydrogen) atoms. The smallest absolute Gasteiger partial charge is 0.330 e. The van der Waals surface area contributed by atoms with Crippen LogP contribution in [-0.4, -0.2) is 47.7 Å². The van der Waals surface area contributed by atoms with Crippen LogP contribution < -0.4 is 5.32 Å². The van der Waals surface area contributed by atoms with Gasteiger partial charge in [-0.05, 0) is 32.7 Å². The van der Waals surface area contributed by atoms with E-state index < -0.39 is 5.97 Å². The summed E-state index contributed by atoms with van der Waals surface area (Å²) in [6, 6.07) is 1.25. The summed E-state index contributed by atoms with van der Waals surface area (Å²) in [7, 11) is 0. The molecular weight excluding hydrogens is 204 g/mol. The van der Waals surface area contributed by atoms with Crippen LogP contribution in [0, 0.1) is 0 Å². The van der Waals surface area contributed by atoms with Crippen molar-refractivity contribution in [1.29, 1.82) is 0 Å². The predicted octanol–water partition coefficient (Wildman–Crippen LogP) is 0.844. The van der Waals surface area contributed by atoms with Gasteiger partial charge in [0, 0.05) is 30.7 Å². The Balaban J connectivity index is 1.78. The molecule has 0 spiro atoms. The van der Waals surface area contributed by atoms with Crippen LogP contribution in [-0.2, 0) is 4.79 Å². The molecule has 0 aromatic carbocycles. The van der Waals surface area contributed by atoms with Gasteiger partial charge in [-0.3, -0.25) is 4.90 Å². The van der Waals surface area contributed by atoms with E-state index in [2.05, 4.69) is 10.2 Å². The van der Waals surface area contributed by atoms with Gasteiger partial charge in [0.2, 0.25) is 0 Å². The van der Waals surface area contributed by atoms with E-state index in [0.717, 1.165) is 0 Å². The van der Waals surface area contributed by atoms with E-state index in [4.69, 9.17) is 5.11 Å². The lowest BCUT2D eigenvalue weighted by Gasteiger charge is -2.20. The van der Waals surface area contributed by atoms with Crippen LogP contribution in [0.25, 0.3) is 0 Å². The number of hydrogen-bond donors (Lipinski definition) is 2. The van der Waals surface area contributed by atoms with Crippen molar-refractivity contribution in [2.45, 2.75) is 38.3 Å². The fourth-order valence-electron chi connectivity index (χ4n) is 2.77. The van der Waals surface area contributed by atoms with Crippen LogP contribution in [0.1, 0.15) is 26.2 Å². The minimum Gasteiger partial charge on any atom is -0.478 e. The van der Waals surface area contributed by atoms with Gasteiger partial charge in [0.25, 0.3) is 0 Å². The Morgan fingerprint density at radius 2 is 2.31 bits per heavy atom. The maximum atomic E-state index is 10.6. The number of carboxylic acid groups (broad SMARTS) is 1. The lowest BCUT2D eigenvalue weighted by molar-refractivity contribution is -0.132. The highest BCUT2D eigenvalue weighted by molar-refractivity contribution is 5.85. The Hall–Kier alpha value is -0.870. The molecule has 2 heterocycles. The fourth-order valence-corrected chi connectivity index (χ4v) is 2.77. The highest BCUT2D eigenvalue weighted by Crippen LogP contribution is 2.27. The van der Waals surface area contributed by atoms with E-state index >= 15 is 0 Å². The number of rotatable bonds is 4.